The highest BCUT2D eigenvalue weighted by atomic mass is 16.6. The Balaban J connectivity index is 4.30. The SMILES string of the molecule is CCCCCCCC/C=C/CCCCCCCCCC(=O)OCC(COCCC(C(=O)[O-])[N+](C)(C)C)OC(=O)CCCCCCCCCCCCCC. The number of ether oxygens (including phenoxy) is 3. The van der Waals surface area contributed by atoms with Crippen LogP contribution in [0, 0.1) is 0 Å². The fraction of sp³-hybridized carbons (Fsp3) is 0.889. The molecule has 0 fully saturated rings. The molecular formula is C45H85NO7. The molecule has 0 radical (unpaired) electrons. The number of carboxylic acid groups (broad SMARTS) is 1. The van der Waals surface area contributed by atoms with Crippen LogP contribution in [0.15, 0.2) is 12.2 Å². The fourth-order valence-electron chi connectivity index (χ4n) is 6.65. The van der Waals surface area contributed by atoms with E-state index in [0.717, 1.165) is 38.5 Å². The monoisotopic (exact) mass is 752 g/mol. The maximum absolute atomic E-state index is 12.7. The summed E-state index contributed by atoms with van der Waals surface area (Å²) in [5, 5.41) is 11.6. The number of carbonyl (C=O) groups is 3. The van der Waals surface area contributed by atoms with Gasteiger partial charge in [0, 0.05) is 19.3 Å². The van der Waals surface area contributed by atoms with Crippen molar-refractivity contribution in [3.63, 3.8) is 0 Å². The molecule has 0 rings (SSSR count). The lowest BCUT2D eigenvalue weighted by Crippen LogP contribution is -2.55. The molecule has 0 aliphatic heterocycles. The van der Waals surface area contributed by atoms with Crippen molar-refractivity contribution in [1.82, 2.24) is 0 Å². The highest BCUT2D eigenvalue weighted by Crippen LogP contribution is 2.15. The Labute approximate surface area is 327 Å². The molecule has 0 saturated carbocycles. The minimum absolute atomic E-state index is 0.0449. The number of carboxylic acids is 1. The predicted octanol–water partition coefficient (Wildman–Crippen LogP) is 10.6. The first-order valence-corrected chi connectivity index (χ1v) is 22.2. The number of hydrogen-bond acceptors (Lipinski definition) is 7. The van der Waals surface area contributed by atoms with Crippen LogP contribution in [0.1, 0.15) is 206 Å². The van der Waals surface area contributed by atoms with E-state index in [1.807, 2.05) is 0 Å². The molecule has 0 aliphatic carbocycles. The Hall–Kier alpha value is -1.93. The van der Waals surface area contributed by atoms with Gasteiger partial charge in [-0.2, -0.15) is 0 Å². The highest BCUT2D eigenvalue weighted by molar-refractivity contribution is 5.70. The van der Waals surface area contributed by atoms with Gasteiger partial charge in [0.25, 0.3) is 0 Å². The van der Waals surface area contributed by atoms with E-state index in [1.54, 1.807) is 21.1 Å². The Morgan fingerprint density at radius 1 is 0.547 bits per heavy atom. The molecule has 0 N–H and O–H groups in total. The summed E-state index contributed by atoms with van der Waals surface area (Å²) in [6, 6.07) is -0.721. The van der Waals surface area contributed by atoms with Crippen molar-refractivity contribution in [2.75, 3.05) is 41.0 Å². The summed E-state index contributed by atoms with van der Waals surface area (Å²) in [6.07, 6.45) is 38.0. The normalized spacial score (nSPS) is 13.0. The average Bonchev–Trinajstić information content (AvgIpc) is 3.11. The Morgan fingerprint density at radius 3 is 1.36 bits per heavy atom. The van der Waals surface area contributed by atoms with Gasteiger partial charge in [-0.1, -0.05) is 161 Å². The van der Waals surface area contributed by atoms with Gasteiger partial charge in [0.15, 0.2) is 6.10 Å². The van der Waals surface area contributed by atoms with Crippen molar-refractivity contribution in [3.8, 4) is 0 Å². The summed E-state index contributed by atoms with van der Waals surface area (Å²) in [5.74, 6) is -1.73. The molecule has 8 nitrogen and oxygen atoms in total. The lowest BCUT2D eigenvalue weighted by molar-refractivity contribution is -0.889. The van der Waals surface area contributed by atoms with Crippen molar-refractivity contribution in [2.45, 2.75) is 219 Å². The lowest BCUT2D eigenvalue weighted by Gasteiger charge is -2.34. The van der Waals surface area contributed by atoms with Crippen LogP contribution in [-0.4, -0.2) is 75.5 Å². The maximum atomic E-state index is 12.7. The largest absolute Gasteiger partial charge is 0.544 e. The van der Waals surface area contributed by atoms with Gasteiger partial charge in [0.2, 0.25) is 0 Å². The van der Waals surface area contributed by atoms with E-state index in [2.05, 4.69) is 26.0 Å². The average molecular weight is 752 g/mol. The van der Waals surface area contributed by atoms with E-state index in [0.29, 0.717) is 12.8 Å². The van der Waals surface area contributed by atoms with Crippen LogP contribution in [0.2, 0.25) is 0 Å². The summed E-state index contributed by atoms with van der Waals surface area (Å²) in [6.45, 7) is 4.67. The number of allylic oxidation sites excluding steroid dienone is 2. The smallest absolute Gasteiger partial charge is 0.306 e. The first kappa shape index (κ1) is 51.1. The summed E-state index contributed by atoms with van der Waals surface area (Å²) in [5.41, 5.74) is 0. The third-order valence-electron chi connectivity index (χ3n) is 10.2. The molecule has 2 unspecified atom stereocenters. The van der Waals surface area contributed by atoms with E-state index < -0.39 is 18.1 Å². The van der Waals surface area contributed by atoms with Gasteiger partial charge in [-0.25, -0.2) is 0 Å². The van der Waals surface area contributed by atoms with Crippen molar-refractivity contribution in [1.29, 1.82) is 0 Å². The van der Waals surface area contributed by atoms with Crippen LogP contribution < -0.4 is 5.11 Å². The number of carbonyl (C=O) groups excluding carboxylic acids is 3. The quantitative estimate of drug-likeness (QED) is 0.0266. The molecule has 0 saturated heterocycles. The lowest BCUT2D eigenvalue weighted by atomic mass is 10.0. The van der Waals surface area contributed by atoms with Gasteiger partial charge in [-0.3, -0.25) is 9.59 Å². The zero-order valence-corrected chi connectivity index (χ0v) is 35.4. The van der Waals surface area contributed by atoms with Crippen LogP contribution in [0.5, 0.6) is 0 Å². The van der Waals surface area contributed by atoms with Crippen molar-refractivity contribution in [3.05, 3.63) is 12.2 Å². The second-order valence-corrected chi connectivity index (χ2v) is 16.3. The van der Waals surface area contributed by atoms with E-state index in [-0.39, 0.29) is 42.7 Å². The van der Waals surface area contributed by atoms with Gasteiger partial charge in [-0.05, 0) is 38.5 Å². The summed E-state index contributed by atoms with van der Waals surface area (Å²) in [4.78, 5) is 36.8. The molecule has 0 aromatic rings. The third kappa shape index (κ3) is 35.5. The van der Waals surface area contributed by atoms with E-state index >= 15 is 0 Å². The summed E-state index contributed by atoms with van der Waals surface area (Å²) < 4.78 is 17.2. The van der Waals surface area contributed by atoms with Gasteiger partial charge < -0.3 is 28.6 Å². The Morgan fingerprint density at radius 2 is 0.943 bits per heavy atom. The van der Waals surface area contributed by atoms with Crippen LogP contribution in [0.25, 0.3) is 0 Å². The van der Waals surface area contributed by atoms with Gasteiger partial charge in [0.1, 0.15) is 12.6 Å². The molecule has 8 heteroatoms. The molecular weight excluding hydrogens is 666 g/mol. The van der Waals surface area contributed by atoms with Crippen LogP contribution in [0.4, 0.5) is 0 Å². The number of aliphatic carboxylic acids is 1. The summed E-state index contributed by atoms with van der Waals surface area (Å²) in [7, 11) is 5.41. The van der Waals surface area contributed by atoms with Gasteiger partial charge in [0.05, 0.1) is 40.3 Å². The van der Waals surface area contributed by atoms with Crippen molar-refractivity contribution < 1.29 is 38.2 Å². The number of hydrogen-bond donors (Lipinski definition) is 0. The van der Waals surface area contributed by atoms with Gasteiger partial charge in [-0.15, -0.1) is 0 Å². The van der Waals surface area contributed by atoms with Crippen LogP contribution in [0.3, 0.4) is 0 Å². The highest BCUT2D eigenvalue weighted by Gasteiger charge is 2.25. The minimum Gasteiger partial charge on any atom is -0.544 e. The zero-order valence-electron chi connectivity index (χ0n) is 35.4. The Bertz CT molecular complexity index is 885. The first-order chi connectivity index (χ1) is 25.6. The molecule has 0 heterocycles. The maximum Gasteiger partial charge on any atom is 0.306 e. The van der Waals surface area contributed by atoms with Crippen molar-refractivity contribution in [2.24, 2.45) is 0 Å². The van der Waals surface area contributed by atoms with Crippen LogP contribution in [-0.2, 0) is 28.6 Å². The zero-order chi connectivity index (χ0) is 39.3. The Kier molecular flexibility index (Phi) is 35.7. The van der Waals surface area contributed by atoms with E-state index in [4.69, 9.17) is 14.2 Å². The second kappa shape index (κ2) is 37.0. The topological polar surface area (TPSA) is 102 Å². The fourth-order valence-corrected chi connectivity index (χ4v) is 6.65. The number of quaternary nitrogens is 1. The molecule has 0 spiro atoms. The minimum atomic E-state index is -1.12. The predicted molar refractivity (Wildman–Crippen MR) is 217 cm³/mol. The third-order valence-corrected chi connectivity index (χ3v) is 10.2. The summed E-state index contributed by atoms with van der Waals surface area (Å²) >= 11 is 0. The number of esters is 2. The molecule has 0 aromatic carbocycles. The molecule has 2 atom stereocenters. The molecule has 0 amide bonds. The molecule has 0 aromatic heterocycles. The van der Waals surface area contributed by atoms with Crippen molar-refractivity contribution >= 4 is 17.9 Å². The second-order valence-electron chi connectivity index (χ2n) is 16.3. The van der Waals surface area contributed by atoms with Gasteiger partial charge >= 0.3 is 11.9 Å². The molecule has 0 aliphatic rings. The molecule has 312 valence electrons. The number of rotatable bonds is 40. The molecule has 53 heavy (non-hydrogen) atoms. The van der Waals surface area contributed by atoms with E-state index in [1.165, 1.54) is 135 Å². The number of nitrogens with zero attached hydrogens (tertiary/aromatic N) is 1. The number of unbranched alkanes of at least 4 members (excludes halogenated alkanes) is 24. The molecule has 0 bridgehead atoms. The van der Waals surface area contributed by atoms with Crippen LogP contribution >= 0.6 is 0 Å². The number of likely N-dealkylation sites (N-methyl/N-ethyl adjacent to an activating group) is 1. The van der Waals surface area contributed by atoms with E-state index in [9.17, 15) is 19.5 Å². The standard InChI is InChI=1S/C45H85NO7/c1-6-8-10-12-14-16-18-20-21-22-23-24-26-27-29-31-33-35-43(47)52-40-41(39-51-38-37-42(45(49)50)46(3,4)5)53-44(48)36-34-32-30-28-25-19-17-15-13-11-9-7-2/h20-21,41-42H,6-19,22-40H2,1-5H3/b21-20+. The first-order valence-electron chi connectivity index (χ1n) is 22.2.